The number of nitrogens with one attached hydrogen (secondary N) is 2. The number of aromatic nitrogens is 1. The Hall–Kier alpha value is -2.05. The van der Waals surface area contributed by atoms with E-state index in [2.05, 4.69) is 22.5 Å². The van der Waals surface area contributed by atoms with Crippen LogP contribution in [-0.4, -0.2) is 22.6 Å². The molecule has 1 heterocycles. The third-order valence-electron chi connectivity index (χ3n) is 3.24. The number of unbranched alkanes of at least 4 members (excludes halogenated alkanes) is 1. The molecule has 2 amide bonds. The van der Waals surface area contributed by atoms with Crippen molar-refractivity contribution < 1.29 is 9.59 Å². The predicted molar refractivity (Wildman–Crippen MR) is 103 cm³/mol. The standard InChI is InChI=1S/C18H20ClN3O2S/c1-2-3-7-17(23)21-14-5-4-6-15(10-14)25-12-18(24)22-16-9-8-13(19)11-20-16/h4-6,8-11H,2-3,7,12H2,1H3,(H,21,23)(H,20,22,24). The number of hydrogen-bond donors (Lipinski definition) is 2. The van der Waals surface area contributed by atoms with Gasteiger partial charge in [0.1, 0.15) is 5.82 Å². The van der Waals surface area contributed by atoms with E-state index in [1.165, 1.54) is 18.0 Å². The zero-order valence-electron chi connectivity index (χ0n) is 13.9. The molecule has 0 unspecified atom stereocenters. The molecule has 7 heteroatoms. The van der Waals surface area contributed by atoms with E-state index in [4.69, 9.17) is 11.6 Å². The molecule has 0 aliphatic rings. The van der Waals surface area contributed by atoms with Crippen LogP contribution in [0.2, 0.25) is 5.02 Å². The van der Waals surface area contributed by atoms with Gasteiger partial charge in [0.05, 0.1) is 10.8 Å². The summed E-state index contributed by atoms with van der Waals surface area (Å²) in [7, 11) is 0. The number of carbonyl (C=O) groups is 2. The van der Waals surface area contributed by atoms with Gasteiger partial charge in [0, 0.05) is 23.2 Å². The predicted octanol–water partition coefficient (Wildman–Crippen LogP) is 4.59. The molecule has 0 saturated carbocycles. The van der Waals surface area contributed by atoms with Crippen LogP contribution in [0.1, 0.15) is 26.2 Å². The minimum Gasteiger partial charge on any atom is -0.326 e. The zero-order valence-corrected chi connectivity index (χ0v) is 15.5. The lowest BCUT2D eigenvalue weighted by Gasteiger charge is -2.08. The Labute approximate surface area is 156 Å². The Morgan fingerprint density at radius 1 is 1.16 bits per heavy atom. The van der Waals surface area contributed by atoms with Crippen LogP contribution in [-0.2, 0) is 9.59 Å². The lowest BCUT2D eigenvalue weighted by molar-refractivity contribution is -0.116. The van der Waals surface area contributed by atoms with Crippen LogP contribution in [0.3, 0.4) is 0 Å². The van der Waals surface area contributed by atoms with E-state index in [-0.39, 0.29) is 17.6 Å². The summed E-state index contributed by atoms with van der Waals surface area (Å²) in [6.07, 6.45) is 3.86. The summed E-state index contributed by atoms with van der Waals surface area (Å²) in [6.45, 7) is 2.05. The van der Waals surface area contributed by atoms with Crippen molar-refractivity contribution in [3.63, 3.8) is 0 Å². The molecule has 1 aromatic carbocycles. The molecule has 0 saturated heterocycles. The molecule has 0 fully saturated rings. The van der Waals surface area contributed by atoms with Crippen LogP contribution in [0.5, 0.6) is 0 Å². The first-order valence-corrected chi connectivity index (χ1v) is 9.37. The van der Waals surface area contributed by atoms with Gasteiger partial charge in [0.15, 0.2) is 0 Å². The topological polar surface area (TPSA) is 71.1 Å². The molecule has 5 nitrogen and oxygen atoms in total. The van der Waals surface area contributed by atoms with Gasteiger partial charge in [-0.15, -0.1) is 11.8 Å². The zero-order chi connectivity index (χ0) is 18.1. The molecule has 2 rings (SSSR count). The Balaban J connectivity index is 1.83. The monoisotopic (exact) mass is 377 g/mol. The van der Waals surface area contributed by atoms with Gasteiger partial charge < -0.3 is 10.6 Å². The summed E-state index contributed by atoms with van der Waals surface area (Å²) >= 11 is 7.15. The highest BCUT2D eigenvalue weighted by atomic mass is 35.5. The minimum absolute atomic E-state index is 0.00977. The maximum absolute atomic E-state index is 12.0. The van der Waals surface area contributed by atoms with Crippen molar-refractivity contribution in [2.45, 2.75) is 31.1 Å². The summed E-state index contributed by atoms with van der Waals surface area (Å²) in [5.74, 6) is 0.567. The molecule has 132 valence electrons. The van der Waals surface area contributed by atoms with Crippen molar-refractivity contribution >= 4 is 46.7 Å². The first-order valence-electron chi connectivity index (χ1n) is 8.01. The second-order valence-corrected chi connectivity index (χ2v) is 6.86. The van der Waals surface area contributed by atoms with Gasteiger partial charge in [-0.2, -0.15) is 0 Å². The molecular formula is C18H20ClN3O2S. The van der Waals surface area contributed by atoms with E-state index in [0.717, 1.165) is 23.4 Å². The molecule has 1 aromatic heterocycles. The third-order valence-corrected chi connectivity index (χ3v) is 4.46. The van der Waals surface area contributed by atoms with Crippen LogP contribution in [0.4, 0.5) is 11.5 Å². The second-order valence-electron chi connectivity index (χ2n) is 5.38. The average molecular weight is 378 g/mol. The van der Waals surface area contributed by atoms with Crippen LogP contribution in [0, 0.1) is 0 Å². The highest BCUT2D eigenvalue weighted by Crippen LogP contribution is 2.22. The molecule has 0 radical (unpaired) electrons. The maximum atomic E-state index is 12.0. The van der Waals surface area contributed by atoms with Crippen molar-refractivity contribution in [1.29, 1.82) is 0 Å². The molecule has 0 spiro atoms. The Bertz CT molecular complexity index is 723. The number of anilines is 2. The lowest BCUT2D eigenvalue weighted by Crippen LogP contribution is -2.14. The number of halogens is 1. The molecule has 0 aliphatic carbocycles. The summed E-state index contributed by atoms with van der Waals surface area (Å²) in [6, 6.07) is 10.8. The summed E-state index contributed by atoms with van der Waals surface area (Å²) < 4.78 is 0. The van der Waals surface area contributed by atoms with Gasteiger partial charge in [-0.05, 0) is 36.8 Å². The fourth-order valence-corrected chi connectivity index (χ4v) is 2.87. The Kier molecular flexibility index (Phi) is 7.76. The first kappa shape index (κ1) is 19.3. The van der Waals surface area contributed by atoms with Crippen LogP contribution >= 0.6 is 23.4 Å². The molecule has 2 N–H and O–H groups in total. The maximum Gasteiger partial charge on any atom is 0.235 e. The van der Waals surface area contributed by atoms with Gasteiger partial charge >= 0.3 is 0 Å². The van der Waals surface area contributed by atoms with Crippen molar-refractivity contribution in [2.75, 3.05) is 16.4 Å². The number of amides is 2. The quantitative estimate of drug-likeness (QED) is 0.660. The van der Waals surface area contributed by atoms with E-state index in [9.17, 15) is 9.59 Å². The summed E-state index contributed by atoms with van der Waals surface area (Å²) in [5, 5.41) is 6.10. The van der Waals surface area contributed by atoms with E-state index in [1.54, 1.807) is 12.1 Å². The third kappa shape index (κ3) is 7.15. The number of carbonyl (C=O) groups excluding carboxylic acids is 2. The first-order chi connectivity index (χ1) is 12.1. The smallest absolute Gasteiger partial charge is 0.235 e. The molecule has 0 aliphatic heterocycles. The van der Waals surface area contributed by atoms with E-state index >= 15 is 0 Å². The molecule has 0 bridgehead atoms. The van der Waals surface area contributed by atoms with Gasteiger partial charge in [-0.1, -0.05) is 31.0 Å². The lowest BCUT2D eigenvalue weighted by atomic mass is 10.2. The van der Waals surface area contributed by atoms with E-state index in [0.29, 0.717) is 17.3 Å². The molecular weight excluding hydrogens is 358 g/mol. The number of benzene rings is 1. The fraction of sp³-hybridized carbons (Fsp3) is 0.278. The van der Waals surface area contributed by atoms with Crippen LogP contribution in [0.15, 0.2) is 47.5 Å². The SMILES string of the molecule is CCCCC(=O)Nc1cccc(SCC(=O)Nc2ccc(Cl)cn2)c1. The Morgan fingerprint density at radius 2 is 2.00 bits per heavy atom. The number of thioether (sulfide) groups is 1. The van der Waals surface area contributed by atoms with Gasteiger partial charge in [-0.25, -0.2) is 4.98 Å². The highest BCUT2D eigenvalue weighted by Gasteiger charge is 2.06. The van der Waals surface area contributed by atoms with E-state index < -0.39 is 0 Å². The number of pyridine rings is 1. The van der Waals surface area contributed by atoms with Crippen molar-refractivity contribution in [3.8, 4) is 0 Å². The van der Waals surface area contributed by atoms with Crippen molar-refractivity contribution in [1.82, 2.24) is 4.98 Å². The van der Waals surface area contributed by atoms with Crippen molar-refractivity contribution in [3.05, 3.63) is 47.6 Å². The molecule has 25 heavy (non-hydrogen) atoms. The fourth-order valence-electron chi connectivity index (χ4n) is 2.00. The van der Waals surface area contributed by atoms with E-state index in [1.807, 2.05) is 24.3 Å². The minimum atomic E-state index is -0.155. The van der Waals surface area contributed by atoms with Crippen LogP contribution < -0.4 is 10.6 Å². The normalized spacial score (nSPS) is 10.3. The van der Waals surface area contributed by atoms with Gasteiger partial charge in [-0.3, -0.25) is 9.59 Å². The summed E-state index contributed by atoms with van der Waals surface area (Å²) in [5.41, 5.74) is 0.742. The number of hydrogen-bond acceptors (Lipinski definition) is 4. The average Bonchev–Trinajstić information content (AvgIpc) is 2.60. The highest BCUT2D eigenvalue weighted by molar-refractivity contribution is 8.00. The number of nitrogens with zero attached hydrogens (tertiary/aromatic N) is 1. The second kappa shape index (κ2) is 10.1. The van der Waals surface area contributed by atoms with Crippen LogP contribution in [0.25, 0.3) is 0 Å². The summed E-state index contributed by atoms with van der Waals surface area (Å²) in [4.78, 5) is 28.7. The Morgan fingerprint density at radius 3 is 2.72 bits per heavy atom. The van der Waals surface area contributed by atoms with Crippen molar-refractivity contribution in [2.24, 2.45) is 0 Å². The van der Waals surface area contributed by atoms with Gasteiger partial charge in [0.2, 0.25) is 11.8 Å². The largest absolute Gasteiger partial charge is 0.326 e. The molecule has 2 aromatic rings. The van der Waals surface area contributed by atoms with Gasteiger partial charge in [0.25, 0.3) is 0 Å². The molecule has 0 atom stereocenters. The number of rotatable bonds is 8.